The van der Waals surface area contributed by atoms with Crippen molar-refractivity contribution in [2.75, 3.05) is 7.05 Å². The van der Waals surface area contributed by atoms with Crippen molar-refractivity contribution in [3.63, 3.8) is 0 Å². The lowest BCUT2D eigenvalue weighted by atomic mass is 9.49. The molecule has 0 aliphatic heterocycles. The molecule has 0 saturated heterocycles. The normalized spacial score (nSPS) is 34.7. The fourth-order valence-corrected chi connectivity index (χ4v) is 6.16. The molecule has 4 aliphatic rings. The van der Waals surface area contributed by atoms with E-state index in [1.807, 2.05) is 24.1 Å². The van der Waals surface area contributed by atoms with Gasteiger partial charge in [0.15, 0.2) is 0 Å². The van der Waals surface area contributed by atoms with Crippen LogP contribution in [0.15, 0.2) is 18.2 Å². The molecule has 0 N–H and O–H groups in total. The minimum absolute atomic E-state index is 0.0887. The lowest BCUT2D eigenvalue weighted by molar-refractivity contribution is -0.156. The van der Waals surface area contributed by atoms with Crippen LogP contribution < -0.4 is 0 Å². The maximum Gasteiger partial charge on any atom is 0.228 e. The first kappa shape index (κ1) is 15.8. The topological polar surface area (TPSA) is 20.3 Å². The van der Waals surface area contributed by atoms with Crippen LogP contribution in [0.25, 0.3) is 0 Å². The van der Waals surface area contributed by atoms with Gasteiger partial charge >= 0.3 is 0 Å². The number of benzene rings is 1. The van der Waals surface area contributed by atoms with E-state index in [0.717, 1.165) is 42.6 Å². The van der Waals surface area contributed by atoms with E-state index < -0.39 is 0 Å². The molecule has 5 rings (SSSR count). The summed E-state index contributed by atoms with van der Waals surface area (Å²) in [6.07, 6.45) is 7.38. The average molecular weight is 352 g/mol. The second-order valence-electron chi connectivity index (χ2n) is 8.07. The van der Waals surface area contributed by atoms with E-state index in [4.69, 9.17) is 23.2 Å². The first-order chi connectivity index (χ1) is 11.0. The van der Waals surface area contributed by atoms with Gasteiger partial charge in [0.1, 0.15) is 0 Å². The third kappa shape index (κ3) is 2.68. The zero-order valence-corrected chi connectivity index (χ0v) is 15.0. The van der Waals surface area contributed by atoms with Crippen LogP contribution in [0.1, 0.15) is 44.1 Å². The van der Waals surface area contributed by atoms with Gasteiger partial charge in [-0.25, -0.2) is 0 Å². The van der Waals surface area contributed by atoms with Crippen molar-refractivity contribution >= 4 is 29.1 Å². The Morgan fingerprint density at radius 3 is 2.26 bits per heavy atom. The molecule has 1 amide bonds. The van der Waals surface area contributed by atoms with Gasteiger partial charge in [-0.3, -0.25) is 4.79 Å². The van der Waals surface area contributed by atoms with Gasteiger partial charge < -0.3 is 4.90 Å². The maximum atomic E-state index is 13.2. The van der Waals surface area contributed by atoms with Gasteiger partial charge in [0.05, 0.1) is 15.5 Å². The van der Waals surface area contributed by atoms with Gasteiger partial charge in [-0.2, -0.15) is 0 Å². The number of rotatable bonds is 3. The van der Waals surface area contributed by atoms with Crippen molar-refractivity contribution in [3.8, 4) is 0 Å². The van der Waals surface area contributed by atoms with Crippen molar-refractivity contribution in [2.45, 2.75) is 45.1 Å². The zero-order valence-electron chi connectivity index (χ0n) is 13.5. The van der Waals surface area contributed by atoms with Crippen molar-refractivity contribution in [2.24, 2.45) is 23.2 Å². The summed E-state index contributed by atoms with van der Waals surface area (Å²) < 4.78 is 0. The lowest BCUT2D eigenvalue weighted by Crippen LogP contribution is -2.53. The number of halogens is 2. The van der Waals surface area contributed by atoms with Gasteiger partial charge in [0.2, 0.25) is 5.91 Å². The second kappa shape index (κ2) is 5.67. The van der Waals surface area contributed by atoms with Crippen LogP contribution in [0.3, 0.4) is 0 Å². The molecule has 0 aromatic heterocycles. The van der Waals surface area contributed by atoms with Gasteiger partial charge in [0, 0.05) is 13.6 Å². The number of hydrogen-bond donors (Lipinski definition) is 0. The largest absolute Gasteiger partial charge is 0.341 e. The molecule has 0 radical (unpaired) electrons. The monoisotopic (exact) mass is 351 g/mol. The maximum absolute atomic E-state index is 13.2. The van der Waals surface area contributed by atoms with Crippen molar-refractivity contribution in [3.05, 3.63) is 33.8 Å². The van der Waals surface area contributed by atoms with Crippen LogP contribution in [0.5, 0.6) is 0 Å². The van der Waals surface area contributed by atoms with Gasteiger partial charge in [-0.1, -0.05) is 35.3 Å². The highest BCUT2D eigenvalue weighted by Gasteiger charge is 2.55. The Hall–Kier alpha value is -0.730. The molecular formula is C19H23Cl2NO. The Morgan fingerprint density at radius 2 is 1.70 bits per heavy atom. The molecular weight excluding hydrogens is 329 g/mol. The Balaban J connectivity index is 1.53. The van der Waals surface area contributed by atoms with E-state index in [0.29, 0.717) is 22.5 Å². The minimum atomic E-state index is -0.0887. The van der Waals surface area contributed by atoms with Crippen LogP contribution in [0.2, 0.25) is 10.0 Å². The summed E-state index contributed by atoms with van der Waals surface area (Å²) in [4.78, 5) is 15.1. The van der Waals surface area contributed by atoms with E-state index in [2.05, 4.69) is 0 Å². The van der Waals surface area contributed by atoms with Crippen LogP contribution >= 0.6 is 23.2 Å². The summed E-state index contributed by atoms with van der Waals surface area (Å²) in [5.74, 6) is 2.68. The molecule has 4 heteroatoms. The van der Waals surface area contributed by atoms with Gasteiger partial charge in [0.25, 0.3) is 0 Å². The summed E-state index contributed by atoms with van der Waals surface area (Å²) >= 11 is 12.4. The molecule has 1 aromatic carbocycles. The van der Waals surface area contributed by atoms with Gasteiger partial charge in [-0.05, 0) is 67.9 Å². The van der Waals surface area contributed by atoms with Crippen LogP contribution in [-0.4, -0.2) is 17.9 Å². The third-order valence-electron chi connectivity index (χ3n) is 6.28. The standard InChI is InChI=1S/C19H23Cl2NO/c1-22(11-15-3-2-4-16(20)17(15)21)18(23)19-8-12-5-13(9-19)7-14(6-12)10-19/h2-4,12-14H,5-11H2,1H3. The van der Waals surface area contributed by atoms with Crippen LogP contribution in [-0.2, 0) is 11.3 Å². The van der Waals surface area contributed by atoms with Crippen molar-refractivity contribution in [1.29, 1.82) is 0 Å². The molecule has 1 aromatic rings. The van der Waals surface area contributed by atoms with E-state index in [-0.39, 0.29) is 5.41 Å². The third-order valence-corrected chi connectivity index (χ3v) is 7.14. The lowest BCUT2D eigenvalue weighted by Gasteiger charge is -2.56. The molecule has 0 atom stereocenters. The molecule has 4 fully saturated rings. The summed E-state index contributed by atoms with van der Waals surface area (Å²) in [6, 6.07) is 5.64. The second-order valence-corrected chi connectivity index (χ2v) is 8.86. The molecule has 4 saturated carbocycles. The molecule has 4 aliphatic carbocycles. The Morgan fingerprint density at radius 1 is 1.13 bits per heavy atom. The van der Waals surface area contributed by atoms with Crippen LogP contribution in [0, 0.1) is 23.2 Å². The highest BCUT2D eigenvalue weighted by Crippen LogP contribution is 2.60. The quantitative estimate of drug-likeness (QED) is 0.735. The van der Waals surface area contributed by atoms with E-state index in [1.165, 1.54) is 19.3 Å². The first-order valence-corrected chi connectivity index (χ1v) is 9.41. The van der Waals surface area contributed by atoms with E-state index in [1.54, 1.807) is 6.07 Å². The molecule has 2 nitrogen and oxygen atoms in total. The number of carbonyl (C=O) groups is 1. The van der Waals surface area contributed by atoms with Crippen molar-refractivity contribution < 1.29 is 4.79 Å². The molecule has 124 valence electrons. The van der Waals surface area contributed by atoms with Gasteiger partial charge in [-0.15, -0.1) is 0 Å². The fourth-order valence-electron chi connectivity index (χ4n) is 5.78. The fraction of sp³-hybridized carbons (Fsp3) is 0.632. The summed E-state index contributed by atoms with van der Waals surface area (Å²) in [5, 5.41) is 1.12. The predicted octanol–water partition coefficient (Wildman–Crippen LogP) is 5.17. The van der Waals surface area contributed by atoms with E-state index >= 15 is 0 Å². The SMILES string of the molecule is CN(Cc1cccc(Cl)c1Cl)C(=O)C12CC3CC(CC(C3)C1)C2. The Labute approximate surface area is 148 Å². The molecule has 4 bridgehead atoms. The highest BCUT2D eigenvalue weighted by atomic mass is 35.5. The molecule has 0 spiro atoms. The molecule has 0 unspecified atom stereocenters. The highest BCUT2D eigenvalue weighted by molar-refractivity contribution is 6.42. The summed E-state index contributed by atoms with van der Waals surface area (Å²) in [5.41, 5.74) is 0.842. The summed E-state index contributed by atoms with van der Waals surface area (Å²) in [7, 11) is 1.91. The number of carbonyl (C=O) groups excluding carboxylic acids is 1. The van der Waals surface area contributed by atoms with Crippen molar-refractivity contribution in [1.82, 2.24) is 4.90 Å². The summed E-state index contributed by atoms with van der Waals surface area (Å²) in [6.45, 7) is 0.542. The number of nitrogens with zero attached hydrogens (tertiary/aromatic N) is 1. The Kier molecular flexibility index (Phi) is 3.89. The smallest absolute Gasteiger partial charge is 0.228 e. The van der Waals surface area contributed by atoms with E-state index in [9.17, 15) is 4.79 Å². The minimum Gasteiger partial charge on any atom is -0.341 e. The molecule has 0 heterocycles. The first-order valence-electron chi connectivity index (χ1n) is 8.65. The Bertz CT molecular complexity index is 607. The number of amides is 1. The number of hydrogen-bond acceptors (Lipinski definition) is 1. The molecule has 23 heavy (non-hydrogen) atoms. The van der Waals surface area contributed by atoms with Crippen LogP contribution in [0.4, 0.5) is 0 Å². The zero-order chi connectivity index (χ0) is 16.2. The average Bonchev–Trinajstić information content (AvgIpc) is 2.49. The predicted molar refractivity (Wildman–Crippen MR) is 93.5 cm³/mol.